The average Bonchev–Trinajstić information content (AvgIpc) is 3.36. The number of hydrogen-bond acceptors (Lipinski definition) is 5. The summed E-state index contributed by atoms with van der Waals surface area (Å²) >= 11 is 1.52. The van der Waals surface area contributed by atoms with E-state index >= 15 is 0 Å². The Morgan fingerprint density at radius 1 is 1.25 bits per heavy atom. The minimum absolute atomic E-state index is 0. The molecule has 0 bridgehead atoms. The summed E-state index contributed by atoms with van der Waals surface area (Å²) in [6.07, 6.45) is 3.33. The molecule has 0 amide bonds. The number of hydrogen-bond donors (Lipinski definition) is 1. The molecule has 1 aromatic carbocycles. The van der Waals surface area contributed by atoms with Crippen molar-refractivity contribution in [3.05, 3.63) is 41.2 Å². The van der Waals surface area contributed by atoms with Crippen molar-refractivity contribution in [2.75, 3.05) is 44.7 Å². The highest BCUT2D eigenvalue weighted by atomic mass is 127. The van der Waals surface area contributed by atoms with Crippen LogP contribution < -0.4 is 10.2 Å². The maximum absolute atomic E-state index is 4.62. The molecule has 8 heteroatoms. The molecule has 1 aliphatic carbocycles. The maximum atomic E-state index is 4.62. The van der Waals surface area contributed by atoms with Crippen molar-refractivity contribution in [2.24, 2.45) is 4.99 Å². The zero-order chi connectivity index (χ0) is 18.6. The largest absolute Gasteiger partial charge is 0.356 e. The predicted molar refractivity (Wildman–Crippen MR) is 127 cm³/mol. The molecule has 1 fully saturated rings. The van der Waals surface area contributed by atoms with Crippen LogP contribution in [0, 0.1) is 0 Å². The summed E-state index contributed by atoms with van der Waals surface area (Å²) in [4.78, 5) is 13.9. The Morgan fingerprint density at radius 2 is 2.04 bits per heavy atom. The SMILES string of the molecule is CCc1nsc(N2CCN(C(=NC)NCC3CCc4ccccc43)CC2)n1.I. The Labute approximate surface area is 188 Å². The van der Waals surface area contributed by atoms with Crippen LogP contribution in [0.5, 0.6) is 0 Å². The number of guanidine groups is 1. The van der Waals surface area contributed by atoms with E-state index in [1.807, 2.05) is 7.05 Å². The second kappa shape index (κ2) is 9.87. The van der Waals surface area contributed by atoms with Crippen molar-refractivity contribution >= 4 is 46.6 Å². The number of rotatable bonds is 4. The van der Waals surface area contributed by atoms with Gasteiger partial charge in [0, 0.05) is 63.6 Å². The minimum Gasteiger partial charge on any atom is -0.356 e. The van der Waals surface area contributed by atoms with Gasteiger partial charge in [0.25, 0.3) is 0 Å². The summed E-state index contributed by atoms with van der Waals surface area (Å²) in [6.45, 7) is 6.91. The standard InChI is InChI=1S/C20H28N6S.HI/c1-3-18-23-20(27-24-18)26-12-10-25(11-13-26)19(21-2)22-14-16-9-8-15-6-4-5-7-17(15)16;/h4-7,16H,3,8-14H2,1-2H3,(H,21,22);1H. The Balaban J connectivity index is 0.00000225. The van der Waals surface area contributed by atoms with Gasteiger partial charge in [-0.15, -0.1) is 24.0 Å². The third-order valence-corrected chi connectivity index (χ3v) is 6.41. The molecule has 1 unspecified atom stereocenters. The first-order valence-electron chi connectivity index (χ1n) is 9.89. The van der Waals surface area contributed by atoms with Crippen molar-refractivity contribution in [1.82, 2.24) is 19.6 Å². The van der Waals surface area contributed by atoms with E-state index in [2.05, 4.69) is 60.7 Å². The van der Waals surface area contributed by atoms with Gasteiger partial charge >= 0.3 is 0 Å². The van der Waals surface area contributed by atoms with Gasteiger partial charge in [0.05, 0.1) is 0 Å². The molecular formula is C20H29IN6S. The second-order valence-corrected chi connectivity index (χ2v) is 7.91. The zero-order valence-electron chi connectivity index (χ0n) is 16.6. The highest BCUT2D eigenvalue weighted by Gasteiger charge is 2.25. The Morgan fingerprint density at radius 3 is 2.75 bits per heavy atom. The molecule has 2 aliphatic rings. The molecule has 152 valence electrons. The first-order chi connectivity index (χ1) is 13.3. The first-order valence-corrected chi connectivity index (χ1v) is 10.7. The molecular weight excluding hydrogens is 483 g/mol. The van der Waals surface area contributed by atoms with Crippen LogP contribution in [0.1, 0.15) is 36.2 Å². The second-order valence-electron chi connectivity index (χ2n) is 7.18. The van der Waals surface area contributed by atoms with E-state index in [9.17, 15) is 0 Å². The summed E-state index contributed by atoms with van der Waals surface area (Å²) in [5.74, 6) is 2.56. The van der Waals surface area contributed by atoms with Gasteiger partial charge in [0.1, 0.15) is 5.82 Å². The number of piperazine rings is 1. The topological polar surface area (TPSA) is 56.7 Å². The fourth-order valence-electron chi connectivity index (χ4n) is 4.03. The number of aliphatic imine (C=N–C) groups is 1. The fourth-order valence-corrected chi connectivity index (χ4v) is 4.83. The van der Waals surface area contributed by atoms with E-state index in [-0.39, 0.29) is 24.0 Å². The van der Waals surface area contributed by atoms with Crippen LogP contribution in [-0.4, -0.2) is 60.0 Å². The van der Waals surface area contributed by atoms with Crippen LogP contribution in [0.3, 0.4) is 0 Å². The van der Waals surface area contributed by atoms with Gasteiger partial charge in [0.2, 0.25) is 5.13 Å². The van der Waals surface area contributed by atoms with Crippen molar-refractivity contribution in [3.8, 4) is 0 Å². The zero-order valence-corrected chi connectivity index (χ0v) is 19.7. The molecule has 2 aromatic rings. The van der Waals surface area contributed by atoms with Crippen LogP contribution in [0.4, 0.5) is 5.13 Å². The molecule has 1 atom stereocenters. The highest BCUT2D eigenvalue weighted by Crippen LogP contribution is 2.32. The molecule has 4 rings (SSSR count). The predicted octanol–water partition coefficient (Wildman–Crippen LogP) is 3.15. The van der Waals surface area contributed by atoms with Crippen molar-refractivity contribution in [1.29, 1.82) is 0 Å². The number of anilines is 1. The Kier molecular flexibility index (Phi) is 7.50. The summed E-state index contributed by atoms with van der Waals surface area (Å²) in [7, 11) is 1.88. The van der Waals surface area contributed by atoms with Gasteiger partial charge in [-0.2, -0.15) is 4.37 Å². The lowest BCUT2D eigenvalue weighted by Gasteiger charge is -2.36. The van der Waals surface area contributed by atoms with E-state index in [1.165, 1.54) is 35.5 Å². The summed E-state index contributed by atoms with van der Waals surface area (Å²) in [5.41, 5.74) is 3.02. The maximum Gasteiger partial charge on any atom is 0.205 e. The van der Waals surface area contributed by atoms with Gasteiger partial charge in [-0.25, -0.2) is 4.98 Å². The van der Waals surface area contributed by atoms with E-state index < -0.39 is 0 Å². The van der Waals surface area contributed by atoms with Crippen LogP contribution in [0.25, 0.3) is 0 Å². The molecule has 1 saturated heterocycles. The summed E-state index contributed by atoms with van der Waals surface area (Å²) < 4.78 is 4.41. The molecule has 28 heavy (non-hydrogen) atoms. The van der Waals surface area contributed by atoms with Crippen LogP contribution in [-0.2, 0) is 12.8 Å². The quantitative estimate of drug-likeness (QED) is 0.388. The van der Waals surface area contributed by atoms with Crippen molar-refractivity contribution < 1.29 is 0 Å². The van der Waals surface area contributed by atoms with Gasteiger partial charge in [0.15, 0.2) is 5.96 Å². The van der Waals surface area contributed by atoms with Crippen LogP contribution in [0.2, 0.25) is 0 Å². The third kappa shape index (κ3) is 4.59. The molecule has 2 heterocycles. The number of halogens is 1. The minimum atomic E-state index is 0. The van der Waals surface area contributed by atoms with Crippen LogP contribution >= 0.6 is 35.5 Å². The van der Waals surface area contributed by atoms with Crippen molar-refractivity contribution in [2.45, 2.75) is 32.1 Å². The van der Waals surface area contributed by atoms with E-state index in [0.29, 0.717) is 5.92 Å². The number of aryl methyl sites for hydroxylation is 2. The van der Waals surface area contributed by atoms with Gasteiger partial charge in [-0.3, -0.25) is 4.99 Å². The van der Waals surface area contributed by atoms with Gasteiger partial charge < -0.3 is 15.1 Å². The number of benzene rings is 1. The lowest BCUT2D eigenvalue weighted by atomic mass is 10.0. The Hall–Kier alpha value is -1.42. The lowest BCUT2D eigenvalue weighted by molar-refractivity contribution is 0.371. The normalized spacial score (nSPS) is 19.4. The third-order valence-electron chi connectivity index (χ3n) is 5.60. The van der Waals surface area contributed by atoms with Gasteiger partial charge in [-0.1, -0.05) is 31.2 Å². The highest BCUT2D eigenvalue weighted by molar-refractivity contribution is 14.0. The van der Waals surface area contributed by atoms with E-state index in [4.69, 9.17) is 0 Å². The number of aromatic nitrogens is 2. The van der Waals surface area contributed by atoms with Crippen LogP contribution in [0.15, 0.2) is 29.3 Å². The number of nitrogens with zero attached hydrogens (tertiary/aromatic N) is 5. The molecule has 0 spiro atoms. The van der Waals surface area contributed by atoms with Gasteiger partial charge in [-0.05, 0) is 24.0 Å². The molecule has 6 nitrogen and oxygen atoms in total. The molecule has 1 aliphatic heterocycles. The van der Waals surface area contributed by atoms with E-state index in [0.717, 1.165) is 56.1 Å². The van der Waals surface area contributed by atoms with E-state index in [1.54, 1.807) is 0 Å². The fraction of sp³-hybridized carbons (Fsp3) is 0.550. The summed E-state index contributed by atoms with van der Waals surface area (Å²) in [6, 6.07) is 8.85. The monoisotopic (exact) mass is 512 g/mol. The Bertz CT molecular complexity index is 799. The molecule has 0 saturated carbocycles. The van der Waals surface area contributed by atoms with Crippen molar-refractivity contribution in [3.63, 3.8) is 0 Å². The summed E-state index contributed by atoms with van der Waals surface area (Å²) in [5, 5.41) is 4.67. The average molecular weight is 512 g/mol. The number of fused-ring (bicyclic) bond motifs is 1. The first kappa shape index (κ1) is 21.3. The molecule has 1 N–H and O–H groups in total. The molecule has 0 radical (unpaired) electrons. The molecule has 1 aromatic heterocycles. The number of nitrogens with one attached hydrogen (secondary N) is 1. The lowest BCUT2D eigenvalue weighted by Crippen LogP contribution is -2.53. The smallest absolute Gasteiger partial charge is 0.205 e.